The number of ether oxygens (including phenoxy) is 3. The highest BCUT2D eigenvalue weighted by Crippen LogP contribution is 2.51. The van der Waals surface area contributed by atoms with Crippen LogP contribution in [-0.2, 0) is 11.4 Å². The van der Waals surface area contributed by atoms with Crippen molar-refractivity contribution in [3.8, 4) is 23.1 Å². The summed E-state index contributed by atoms with van der Waals surface area (Å²) in [4.78, 5) is 15.0. The van der Waals surface area contributed by atoms with Gasteiger partial charge in [0.15, 0.2) is 29.6 Å². The zero-order valence-corrected chi connectivity index (χ0v) is 22.4. The summed E-state index contributed by atoms with van der Waals surface area (Å²) in [5, 5.41) is 10.8. The molecule has 2 aromatic heterocycles. The summed E-state index contributed by atoms with van der Waals surface area (Å²) in [6.07, 6.45) is 3.26. The lowest BCUT2D eigenvalue weighted by Gasteiger charge is -2.29. The van der Waals surface area contributed by atoms with E-state index in [0.717, 1.165) is 38.8 Å². The first-order valence-corrected chi connectivity index (χ1v) is 13.1. The number of benzene rings is 4. The molecule has 1 aliphatic heterocycles. The SMILES string of the molecule is COc1ccc(C2c3ccc4ccccc4c3Oc3ncn4nc(CON=Cc5ccccc5)nc4c32)cc1OC. The van der Waals surface area contributed by atoms with Gasteiger partial charge in [0.25, 0.3) is 0 Å². The predicted octanol–water partition coefficient (Wildman–Crippen LogP) is 6.13. The molecule has 0 saturated carbocycles. The third-order valence-corrected chi connectivity index (χ3v) is 7.15. The van der Waals surface area contributed by atoms with E-state index in [9.17, 15) is 0 Å². The summed E-state index contributed by atoms with van der Waals surface area (Å²) >= 11 is 0. The Bertz CT molecular complexity index is 1920. The Morgan fingerprint density at radius 1 is 0.927 bits per heavy atom. The summed E-state index contributed by atoms with van der Waals surface area (Å²) < 4.78 is 19.3. The third kappa shape index (κ3) is 4.37. The highest BCUT2D eigenvalue weighted by Gasteiger charge is 2.34. The quantitative estimate of drug-likeness (QED) is 0.176. The smallest absolute Gasteiger partial charge is 0.228 e. The number of nitrogens with zero attached hydrogens (tertiary/aromatic N) is 5. The molecule has 0 spiro atoms. The van der Waals surface area contributed by atoms with Gasteiger partial charge < -0.3 is 19.0 Å². The van der Waals surface area contributed by atoms with Gasteiger partial charge in [-0.15, -0.1) is 5.10 Å². The van der Waals surface area contributed by atoms with E-state index in [0.29, 0.717) is 28.9 Å². The Labute approximate surface area is 235 Å². The van der Waals surface area contributed by atoms with Gasteiger partial charge in [0.2, 0.25) is 5.88 Å². The van der Waals surface area contributed by atoms with Gasteiger partial charge in [0, 0.05) is 16.9 Å². The van der Waals surface area contributed by atoms with Crippen LogP contribution >= 0.6 is 0 Å². The molecule has 0 bridgehead atoms. The number of hydrogen-bond donors (Lipinski definition) is 0. The molecule has 1 atom stereocenters. The minimum atomic E-state index is -0.261. The van der Waals surface area contributed by atoms with Crippen molar-refractivity contribution in [3.63, 3.8) is 0 Å². The minimum absolute atomic E-state index is 0.100. The lowest BCUT2D eigenvalue weighted by molar-refractivity contribution is 0.126. The van der Waals surface area contributed by atoms with Gasteiger partial charge in [-0.2, -0.15) is 0 Å². The van der Waals surface area contributed by atoms with Crippen LogP contribution in [-0.4, -0.2) is 40.0 Å². The number of oxime groups is 1. The van der Waals surface area contributed by atoms with Crippen LogP contribution < -0.4 is 14.2 Å². The van der Waals surface area contributed by atoms with Crippen molar-refractivity contribution < 1.29 is 19.0 Å². The fourth-order valence-electron chi connectivity index (χ4n) is 5.26. The molecular formula is C32H25N5O4. The van der Waals surface area contributed by atoms with Crippen LogP contribution in [0, 0.1) is 0 Å². The second-order valence-electron chi connectivity index (χ2n) is 9.53. The van der Waals surface area contributed by atoms with E-state index in [1.165, 1.54) is 0 Å². The maximum Gasteiger partial charge on any atom is 0.228 e. The predicted molar refractivity (Wildman–Crippen MR) is 154 cm³/mol. The molecule has 9 heteroatoms. The Morgan fingerprint density at radius 2 is 1.76 bits per heavy atom. The van der Waals surface area contributed by atoms with Crippen molar-refractivity contribution in [1.29, 1.82) is 0 Å². The molecule has 0 aliphatic carbocycles. The Balaban J connectivity index is 1.34. The maximum absolute atomic E-state index is 6.51. The molecule has 0 radical (unpaired) electrons. The van der Waals surface area contributed by atoms with Crippen molar-refractivity contribution in [3.05, 3.63) is 119 Å². The zero-order valence-electron chi connectivity index (χ0n) is 22.4. The third-order valence-electron chi connectivity index (χ3n) is 7.15. The topological polar surface area (TPSA) is 92.4 Å². The number of methoxy groups -OCH3 is 2. The first-order chi connectivity index (χ1) is 20.2. The number of hydrogen-bond acceptors (Lipinski definition) is 8. The molecule has 0 N–H and O–H groups in total. The minimum Gasteiger partial charge on any atom is -0.493 e. The highest BCUT2D eigenvalue weighted by molar-refractivity contribution is 5.91. The molecule has 4 aromatic carbocycles. The van der Waals surface area contributed by atoms with Gasteiger partial charge >= 0.3 is 0 Å². The van der Waals surface area contributed by atoms with Crippen LogP contribution in [0.2, 0.25) is 0 Å². The lowest BCUT2D eigenvalue weighted by Crippen LogP contribution is -2.15. The Hall–Kier alpha value is -5.44. The number of rotatable bonds is 7. The van der Waals surface area contributed by atoms with Crippen molar-refractivity contribution in [2.45, 2.75) is 12.5 Å². The number of aromatic nitrogens is 4. The Morgan fingerprint density at radius 3 is 2.61 bits per heavy atom. The standard InChI is InChI=1S/C32H25N5O4/c1-38-25-15-13-22(16-26(25)39-2)28-24-14-12-21-10-6-7-11-23(21)30(24)41-32-29(28)31-35-27(36-37(31)19-33-32)18-40-34-17-20-8-4-3-5-9-20/h3-17,19,28H,18H2,1-2H3. The molecule has 41 heavy (non-hydrogen) atoms. The van der Waals surface area contributed by atoms with Crippen LogP contribution in [0.25, 0.3) is 16.4 Å². The maximum atomic E-state index is 6.51. The summed E-state index contributed by atoms with van der Waals surface area (Å²) in [7, 11) is 3.26. The average molecular weight is 544 g/mol. The van der Waals surface area contributed by atoms with Crippen molar-refractivity contribution in [2.75, 3.05) is 14.2 Å². The fourth-order valence-corrected chi connectivity index (χ4v) is 5.26. The molecule has 3 heterocycles. The van der Waals surface area contributed by atoms with Crippen molar-refractivity contribution in [2.24, 2.45) is 5.16 Å². The highest BCUT2D eigenvalue weighted by atomic mass is 16.6. The lowest BCUT2D eigenvalue weighted by atomic mass is 9.82. The molecule has 0 fully saturated rings. The van der Waals surface area contributed by atoms with Gasteiger partial charge in [0.05, 0.1) is 26.0 Å². The summed E-state index contributed by atoms with van der Waals surface area (Å²) in [5.74, 6) is 2.74. The summed E-state index contributed by atoms with van der Waals surface area (Å²) in [5.41, 5.74) is 4.33. The average Bonchev–Trinajstić information content (AvgIpc) is 3.45. The van der Waals surface area contributed by atoms with E-state index in [1.807, 2.05) is 60.7 Å². The van der Waals surface area contributed by atoms with Crippen LogP contribution in [0.4, 0.5) is 0 Å². The van der Waals surface area contributed by atoms with E-state index < -0.39 is 0 Å². The first kappa shape index (κ1) is 24.6. The molecule has 0 saturated heterocycles. The van der Waals surface area contributed by atoms with Gasteiger partial charge in [-0.25, -0.2) is 14.5 Å². The zero-order chi connectivity index (χ0) is 27.8. The molecule has 202 valence electrons. The van der Waals surface area contributed by atoms with E-state index >= 15 is 0 Å². The van der Waals surface area contributed by atoms with E-state index in [1.54, 1.807) is 31.3 Å². The van der Waals surface area contributed by atoms with Crippen LogP contribution in [0.15, 0.2) is 96.4 Å². The molecular weight excluding hydrogens is 518 g/mol. The van der Waals surface area contributed by atoms with E-state index in [2.05, 4.69) is 39.5 Å². The number of fused-ring (bicyclic) bond motifs is 6. The molecule has 9 nitrogen and oxygen atoms in total. The van der Waals surface area contributed by atoms with Crippen LogP contribution in [0.1, 0.15) is 34.0 Å². The van der Waals surface area contributed by atoms with Gasteiger partial charge in [-0.3, -0.25) is 0 Å². The molecule has 0 amide bonds. The first-order valence-electron chi connectivity index (χ1n) is 13.1. The molecule has 6 aromatic rings. The largest absolute Gasteiger partial charge is 0.493 e. The van der Waals surface area contributed by atoms with Crippen LogP contribution in [0.3, 0.4) is 0 Å². The monoisotopic (exact) mass is 543 g/mol. The Kier molecular flexibility index (Phi) is 6.16. The van der Waals surface area contributed by atoms with Gasteiger partial charge in [-0.05, 0) is 28.6 Å². The van der Waals surface area contributed by atoms with Crippen molar-refractivity contribution >= 4 is 22.6 Å². The second-order valence-corrected chi connectivity index (χ2v) is 9.53. The summed E-state index contributed by atoms with van der Waals surface area (Å²) in [6.45, 7) is 0.100. The van der Waals surface area contributed by atoms with Gasteiger partial charge in [0.1, 0.15) is 12.1 Å². The molecule has 1 aliphatic rings. The van der Waals surface area contributed by atoms with Crippen molar-refractivity contribution in [1.82, 2.24) is 19.6 Å². The van der Waals surface area contributed by atoms with Gasteiger partial charge in [-0.1, -0.05) is 78.0 Å². The normalized spacial score (nSPS) is 14.0. The van der Waals surface area contributed by atoms with E-state index in [4.69, 9.17) is 24.0 Å². The van der Waals surface area contributed by atoms with E-state index in [-0.39, 0.29) is 12.5 Å². The molecule has 1 unspecified atom stereocenters. The summed E-state index contributed by atoms with van der Waals surface area (Å²) in [6, 6.07) is 28.0. The molecule has 7 rings (SSSR count). The fraction of sp³-hybridized carbons (Fsp3) is 0.125. The second kappa shape index (κ2) is 10.3. The van der Waals surface area contributed by atoms with Crippen LogP contribution in [0.5, 0.6) is 23.1 Å².